The molecule has 10 nitrogen and oxygen atoms in total. The second kappa shape index (κ2) is 9.50. The normalized spacial score (nSPS) is 11.8. The van der Waals surface area contributed by atoms with E-state index in [1.807, 2.05) is 0 Å². The third kappa shape index (κ3) is 4.72. The Hall–Kier alpha value is -3.95. The molecule has 0 atom stereocenters. The van der Waals surface area contributed by atoms with Gasteiger partial charge in [0.1, 0.15) is 0 Å². The molecule has 10 heteroatoms. The van der Waals surface area contributed by atoms with E-state index < -0.39 is 11.8 Å². The van der Waals surface area contributed by atoms with Gasteiger partial charge in [-0.1, -0.05) is 6.07 Å². The number of carbonyl (C=O) groups excluding carboxylic acids is 2. The minimum Gasteiger partial charge on any atom is -0.493 e. The summed E-state index contributed by atoms with van der Waals surface area (Å²) in [4.78, 5) is 23.9. The first-order valence-corrected chi connectivity index (χ1v) is 8.85. The summed E-state index contributed by atoms with van der Waals surface area (Å²) in [5.41, 5.74) is 3.51. The van der Waals surface area contributed by atoms with E-state index in [-0.39, 0.29) is 13.3 Å². The van der Waals surface area contributed by atoms with Crippen molar-refractivity contribution >= 4 is 18.0 Å². The molecule has 158 valence electrons. The van der Waals surface area contributed by atoms with Crippen LogP contribution >= 0.6 is 0 Å². The van der Waals surface area contributed by atoms with Gasteiger partial charge in [0.2, 0.25) is 12.5 Å². The first kappa shape index (κ1) is 20.8. The number of fused-ring (bicyclic) bond motifs is 1. The molecule has 0 fully saturated rings. The zero-order valence-corrected chi connectivity index (χ0v) is 16.7. The summed E-state index contributed by atoms with van der Waals surface area (Å²) in [5, 5.41) is 6.31. The zero-order valence-electron chi connectivity index (χ0n) is 16.7. The molecule has 0 spiro atoms. The van der Waals surface area contributed by atoms with Gasteiger partial charge in [0.25, 0.3) is 0 Å². The number of hydrogen-bond acceptors (Lipinski definition) is 8. The van der Waals surface area contributed by atoms with Gasteiger partial charge in [0.05, 0.1) is 27.5 Å². The Balaban J connectivity index is 1.55. The summed E-state index contributed by atoms with van der Waals surface area (Å²) in [6, 6.07) is 8.55. The average Bonchev–Trinajstić information content (AvgIpc) is 3.24. The van der Waals surface area contributed by atoms with Crippen LogP contribution in [0.2, 0.25) is 0 Å². The van der Waals surface area contributed by atoms with Crippen LogP contribution in [0.25, 0.3) is 0 Å². The van der Waals surface area contributed by atoms with E-state index in [4.69, 9.17) is 23.7 Å². The summed E-state index contributed by atoms with van der Waals surface area (Å²) in [7, 11) is 4.48. The van der Waals surface area contributed by atoms with Crippen LogP contribution in [0, 0.1) is 0 Å². The fourth-order valence-electron chi connectivity index (χ4n) is 2.71. The van der Waals surface area contributed by atoms with Crippen molar-refractivity contribution in [3.8, 4) is 28.7 Å². The number of carbonyl (C=O) groups is 2. The summed E-state index contributed by atoms with van der Waals surface area (Å²) < 4.78 is 26.3. The number of benzene rings is 2. The molecule has 1 aliphatic rings. The number of hydrogen-bond donors (Lipinski definition) is 2. The second-order valence-corrected chi connectivity index (χ2v) is 6.03. The lowest BCUT2D eigenvalue weighted by Gasteiger charge is -2.12. The smallest absolute Gasteiger partial charge is 0.329 e. The Morgan fingerprint density at radius 1 is 1.00 bits per heavy atom. The van der Waals surface area contributed by atoms with Crippen LogP contribution in [-0.4, -0.2) is 46.2 Å². The summed E-state index contributed by atoms with van der Waals surface area (Å²) >= 11 is 0. The molecule has 0 unspecified atom stereocenters. The molecule has 0 saturated carbocycles. The molecule has 30 heavy (non-hydrogen) atoms. The maximum atomic E-state index is 12.0. The van der Waals surface area contributed by atoms with Crippen LogP contribution < -0.4 is 34.4 Å². The Labute approximate surface area is 172 Å². The van der Waals surface area contributed by atoms with E-state index in [0.29, 0.717) is 34.3 Å². The first-order valence-electron chi connectivity index (χ1n) is 8.85. The second-order valence-electron chi connectivity index (χ2n) is 6.03. The third-order valence-corrected chi connectivity index (χ3v) is 4.16. The lowest BCUT2D eigenvalue weighted by atomic mass is 10.2. The van der Waals surface area contributed by atoms with E-state index in [1.165, 1.54) is 27.5 Å². The Morgan fingerprint density at radius 2 is 1.70 bits per heavy atom. The highest BCUT2D eigenvalue weighted by Gasteiger charge is 2.16. The highest BCUT2D eigenvalue weighted by atomic mass is 16.7. The number of rotatable bonds is 7. The lowest BCUT2D eigenvalue weighted by Crippen LogP contribution is -2.37. The van der Waals surface area contributed by atoms with Crippen LogP contribution in [-0.2, 0) is 16.1 Å². The van der Waals surface area contributed by atoms with E-state index in [0.717, 1.165) is 5.56 Å². The third-order valence-electron chi connectivity index (χ3n) is 4.16. The van der Waals surface area contributed by atoms with E-state index >= 15 is 0 Å². The van der Waals surface area contributed by atoms with Gasteiger partial charge >= 0.3 is 11.8 Å². The molecule has 1 heterocycles. The standard InChI is InChI=1S/C20H21N3O7/c1-26-16-7-13(8-17(27-2)18(16)28-3)10-22-23-20(25)19(24)21-9-12-4-5-14-15(6-12)30-11-29-14/h4-8,10H,9,11H2,1-3H3,(H,21,24)(H,23,25)/b22-10-. The SMILES string of the molecule is COc1cc(/C=N\NC(=O)C(=O)NCc2ccc3c(c2)OCO3)cc(OC)c1OC. The quantitative estimate of drug-likeness (QED) is 0.397. The van der Waals surface area contributed by atoms with E-state index in [2.05, 4.69) is 15.8 Å². The number of methoxy groups -OCH3 is 3. The van der Waals surface area contributed by atoms with Crippen LogP contribution in [0.3, 0.4) is 0 Å². The van der Waals surface area contributed by atoms with E-state index in [9.17, 15) is 9.59 Å². The summed E-state index contributed by atoms with van der Waals surface area (Å²) in [6.45, 7) is 0.316. The van der Waals surface area contributed by atoms with Crippen molar-refractivity contribution in [2.45, 2.75) is 6.54 Å². The Kier molecular flexibility index (Phi) is 6.58. The number of nitrogens with zero attached hydrogens (tertiary/aromatic N) is 1. The Morgan fingerprint density at radius 3 is 2.37 bits per heavy atom. The topological polar surface area (TPSA) is 117 Å². The molecule has 2 amide bonds. The average molecular weight is 415 g/mol. The molecule has 2 N–H and O–H groups in total. The molecule has 0 aromatic heterocycles. The number of nitrogens with one attached hydrogen (secondary N) is 2. The van der Waals surface area contributed by atoms with Crippen LogP contribution in [0.5, 0.6) is 28.7 Å². The molecule has 0 saturated heterocycles. The fraction of sp³-hybridized carbons (Fsp3) is 0.250. The minimum atomic E-state index is -0.903. The maximum absolute atomic E-state index is 12.0. The zero-order chi connectivity index (χ0) is 21.5. The van der Waals surface area contributed by atoms with Crippen molar-refractivity contribution in [2.75, 3.05) is 28.1 Å². The monoisotopic (exact) mass is 415 g/mol. The molecule has 2 aromatic carbocycles. The van der Waals surface area contributed by atoms with Crippen molar-refractivity contribution in [3.05, 3.63) is 41.5 Å². The maximum Gasteiger partial charge on any atom is 0.329 e. The van der Waals surface area contributed by atoms with Crippen LogP contribution in [0.4, 0.5) is 0 Å². The highest BCUT2D eigenvalue weighted by Crippen LogP contribution is 2.37. The van der Waals surface area contributed by atoms with Crippen molar-refractivity contribution in [1.29, 1.82) is 0 Å². The fourth-order valence-corrected chi connectivity index (χ4v) is 2.71. The van der Waals surface area contributed by atoms with Crippen molar-refractivity contribution < 1.29 is 33.3 Å². The molecule has 2 aromatic rings. The van der Waals surface area contributed by atoms with Gasteiger partial charge < -0.3 is 29.0 Å². The van der Waals surface area contributed by atoms with Gasteiger partial charge in [-0.2, -0.15) is 5.10 Å². The minimum absolute atomic E-state index is 0.152. The van der Waals surface area contributed by atoms with Gasteiger partial charge in [-0.15, -0.1) is 0 Å². The van der Waals surface area contributed by atoms with Gasteiger partial charge in [-0.25, -0.2) is 5.43 Å². The molecule has 0 aliphatic carbocycles. The van der Waals surface area contributed by atoms with Gasteiger partial charge in [-0.05, 0) is 29.8 Å². The van der Waals surface area contributed by atoms with Crippen molar-refractivity contribution in [2.24, 2.45) is 5.10 Å². The number of amides is 2. The number of hydrazone groups is 1. The molecule has 3 rings (SSSR count). The molecule has 1 aliphatic heterocycles. The van der Waals surface area contributed by atoms with E-state index in [1.54, 1.807) is 30.3 Å². The predicted molar refractivity (Wildman–Crippen MR) is 106 cm³/mol. The van der Waals surface area contributed by atoms with Crippen molar-refractivity contribution in [1.82, 2.24) is 10.7 Å². The molecule has 0 radical (unpaired) electrons. The summed E-state index contributed by atoms with van der Waals surface area (Å²) in [6.07, 6.45) is 1.35. The molecular weight excluding hydrogens is 394 g/mol. The molecule has 0 bridgehead atoms. The largest absolute Gasteiger partial charge is 0.493 e. The van der Waals surface area contributed by atoms with Gasteiger partial charge in [-0.3, -0.25) is 9.59 Å². The van der Waals surface area contributed by atoms with Gasteiger partial charge in [0, 0.05) is 12.1 Å². The predicted octanol–water partition coefficient (Wildman–Crippen LogP) is 1.21. The Bertz CT molecular complexity index is 950. The van der Waals surface area contributed by atoms with Crippen LogP contribution in [0.15, 0.2) is 35.4 Å². The van der Waals surface area contributed by atoms with Crippen molar-refractivity contribution in [3.63, 3.8) is 0 Å². The highest BCUT2D eigenvalue weighted by molar-refractivity contribution is 6.35. The molecular formula is C20H21N3O7. The van der Waals surface area contributed by atoms with Gasteiger partial charge in [0.15, 0.2) is 23.0 Å². The van der Waals surface area contributed by atoms with Crippen LogP contribution in [0.1, 0.15) is 11.1 Å². The lowest BCUT2D eigenvalue weighted by molar-refractivity contribution is -0.139. The summed E-state index contributed by atoms with van der Waals surface area (Å²) in [5.74, 6) is 0.820. The first-order chi connectivity index (χ1) is 14.5. The number of ether oxygens (including phenoxy) is 5.